The lowest BCUT2D eigenvalue weighted by Crippen LogP contribution is -2.40. The Balaban J connectivity index is 2.07. The van der Waals surface area contributed by atoms with E-state index in [1.165, 1.54) is 0 Å². The van der Waals surface area contributed by atoms with E-state index in [9.17, 15) is 0 Å². The fraction of sp³-hybridized carbons (Fsp3) is 0.409. The van der Waals surface area contributed by atoms with Crippen molar-refractivity contribution in [2.75, 3.05) is 48.1 Å². The van der Waals surface area contributed by atoms with Crippen LogP contribution in [0.5, 0.6) is 23.0 Å². The number of para-hydroxylation sites is 1. The zero-order valence-corrected chi connectivity index (χ0v) is 17.9. The molecule has 2 aromatic carbocycles. The maximum atomic E-state index is 5.79. The molecule has 2 aromatic rings. The molecule has 0 heterocycles. The third-order valence-corrected chi connectivity index (χ3v) is 4.32. The van der Waals surface area contributed by atoms with Crippen molar-refractivity contribution in [3.8, 4) is 23.0 Å². The van der Waals surface area contributed by atoms with Gasteiger partial charge in [0, 0.05) is 19.2 Å². The Bertz CT molecular complexity index is 781. The van der Waals surface area contributed by atoms with Gasteiger partial charge < -0.3 is 29.2 Å². The van der Waals surface area contributed by atoms with Gasteiger partial charge in [-0.2, -0.15) is 0 Å². The van der Waals surface area contributed by atoms with Gasteiger partial charge >= 0.3 is 0 Å². The van der Waals surface area contributed by atoms with E-state index in [0.29, 0.717) is 36.9 Å². The van der Waals surface area contributed by atoms with Crippen LogP contribution in [0.25, 0.3) is 0 Å². The first-order chi connectivity index (χ1) is 14.1. The molecule has 0 atom stereocenters. The predicted molar refractivity (Wildman–Crippen MR) is 115 cm³/mol. The first-order valence-corrected chi connectivity index (χ1v) is 9.59. The zero-order chi connectivity index (χ0) is 21.1. The van der Waals surface area contributed by atoms with Gasteiger partial charge in [0.05, 0.1) is 34.4 Å². The molecule has 7 heteroatoms. The highest BCUT2D eigenvalue weighted by molar-refractivity contribution is 5.79. The molecule has 0 amide bonds. The number of likely N-dealkylation sites (N-methyl/N-ethyl adjacent to an activating group) is 1. The maximum Gasteiger partial charge on any atom is 0.203 e. The lowest BCUT2D eigenvalue weighted by Gasteiger charge is -2.22. The van der Waals surface area contributed by atoms with Crippen molar-refractivity contribution in [3.05, 3.63) is 48.0 Å². The lowest BCUT2D eigenvalue weighted by atomic mass is 10.1. The second-order valence-corrected chi connectivity index (χ2v) is 6.25. The van der Waals surface area contributed by atoms with Crippen molar-refractivity contribution in [2.45, 2.75) is 13.5 Å². The van der Waals surface area contributed by atoms with E-state index in [4.69, 9.17) is 23.9 Å². The summed E-state index contributed by atoms with van der Waals surface area (Å²) in [7, 11) is 6.80. The third-order valence-electron chi connectivity index (χ3n) is 4.32. The van der Waals surface area contributed by atoms with E-state index in [0.717, 1.165) is 23.8 Å². The maximum absolute atomic E-state index is 5.79. The normalized spacial score (nSPS) is 11.0. The van der Waals surface area contributed by atoms with E-state index in [1.807, 2.05) is 61.3 Å². The number of benzene rings is 2. The number of nitrogens with zero attached hydrogens (tertiary/aromatic N) is 2. The van der Waals surface area contributed by atoms with Crippen molar-refractivity contribution < 1.29 is 18.9 Å². The molecule has 7 nitrogen and oxygen atoms in total. The average Bonchev–Trinajstić information content (AvgIpc) is 2.76. The number of guanidine groups is 1. The minimum absolute atomic E-state index is 0.440. The Morgan fingerprint density at radius 3 is 2.31 bits per heavy atom. The quantitative estimate of drug-likeness (QED) is 0.487. The van der Waals surface area contributed by atoms with Gasteiger partial charge in [-0.15, -0.1) is 0 Å². The summed E-state index contributed by atoms with van der Waals surface area (Å²) in [5.41, 5.74) is 0.912. The molecule has 0 bridgehead atoms. The molecule has 2 rings (SSSR count). The Morgan fingerprint density at radius 2 is 1.69 bits per heavy atom. The van der Waals surface area contributed by atoms with Gasteiger partial charge in [0.2, 0.25) is 5.75 Å². The van der Waals surface area contributed by atoms with E-state index < -0.39 is 0 Å². The van der Waals surface area contributed by atoms with Crippen molar-refractivity contribution in [1.82, 2.24) is 10.2 Å². The standard InChI is InChI=1S/C22H31N3O4/c1-6-23-22(25(2)14-15-29-18-10-8-7-9-11-18)24-16-17-12-13-19(26-3)21(28-5)20(17)27-4/h7-13H,6,14-16H2,1-5H3,(H,23,24). The summed E-state index contributed by atoms with van der Waals surface area (Å²) in [5.74, 6) is 3.47. The molecule has 158 valence electrons. The molecule has 0 unspecified atom stereocenters. The van der Waals surface area contributed by atoms with E-state index in [-0.39, 0.29) is 0 Å². The van der Waals surface area contributed by atoms with Gasteiger partial charge in [-0.05, 0) is 31.2 Å². The Morgan fingerprint density at radius 1 is 0.966 bits per heavy atom. The molecule has 0 fully saturated rings. The number of aliphatic imine (C=N–C) groups is 1. The number of nitrogens with one attached hydrogen (secondary N) is 1. The minimum atomic E-state index is 0.440. The molecular weight excluding hydrogens is 370 g/mol. The van der Waals surface area contributed by atoms with Crippen LogP contribution in [0.1, 0.15) is 12.5 Å². The van der Waals surface area contributed by atoms with Crippen molar-refractivity contribution >= 4 is 5.96 Å². The monoisotopic (exact) mass is 401 g/mol. The van der Waals surface area contributed by atoms with Crippen LogP contribution in [0, 0.1) is 0 Å². The van der Waals surface area contributed by atoms with Crippen molar-refractivity contribution in [2.24, 2.45) is 4.99 Å². The highest BCUT2D eigenvalue weighted by Gasteiger charge is 2.16. The number of rotatable bonds is 10. The van der Waals surface area contributed by atoms with Crippen LogP contribution >= 0.6 is 0 Å². The van der Waals surface area contributed by atoms with Gasteiger partial charge in [0.15, 0.2) is 17.5 Å². The van der Waals surface area contributed by atoms with Crippen LogP contribution in [-0.4, -0.2) is 58.9 Å². The minimum Gasteiger partial charge on any atom is -0.493 e. The first-order valence-electron chi connectivity index (χ1n) is 9.59. The predicted octanol–water partition coefficient (Wildman–Crippen LogP) is 3.19. The number of hydrogen-bond donors (Lipinski definition) is 1. The van der Waals surface area contributed by atoms with E-state index in [2.05, 4.69) is 5.32 Å². The van der Waals surface area contributed by atoms with Crippen LogP contribution in [-0.2, 0) is 6.54 Å². The fourth-order valence-corrected chi connectivity index (χ4v) is 2.84. The lowest BCUT2D eigenvalue weighted by molar-refractivity contribution is 0.281. The zero-order valence-electron chi connectivity index (χ0n) is 17.9. The SMILES string of the molecule is CCNC(=NCc1ccc(OC)c(OC)c1OC)N(C)CCOc1ccccc1. The van der Waals surface area contributed by atoms with Crippen LogP contribution in [0.2, 0.25) is 0 Å². The molecule has 0 saturated heterocycles. The van der Waals surface area contributed by atoms with E-state index in [1.54, 1.807) is 21.3 Å². The fourth-order valence-electron chi connectivity index (χ4n) is 2.84. The largest absolute Gasteiger partial charge is 0.493 e. The number of ether oxygens (including phenoxy) is 4. The molecule has 0 saturated carbocycles. The van der Waals surface area contributed by atoms with Crippen molar-refractivity contribution in [1.29, 1.82) is 0 Å². The van der Waals surface area contributed by atoms with Crippen LogP contribution in [0.3, 0.4) is 0 Å². The summed E-state index contributed by atoms with van der Waals surface area (Å²) >= 11 is 0. The summed E-state index contributed by atoms with van der Waals surface area (Å²) in [5, 5.41) is 3.31. The molecular formula is C22H31N3O4. The molecule has 0 aliphatic heterocycles. The summed E-state index contributed by atoms with van der Waals surface area (Å²) in [4.78, 5) is 6.79. The summed E-state index contributed by atoms with van der Waals surface area (Å²) in [6.07, 6.45) is 0. The summed E-state index contributed by atoms with van der Waals surface area (Å²) < 4.78 is 22.1. The van der Waals surface area contributed by atoms with Crippen LogP contribution in [0.15, 0.2) is 47.5 Å². The highest BCUT2D eigenvalue weighted by Crippen LogP contribution is 2.39. The Kier molecular flexibility index (Phi) is 8.95. The molecule has 1 N–H and O–H groups in total. The van der Waals surface area contributed by atoms with Gasteiger partial charge in [-0.1, -0.05) is 18.2 Å². The molecule has 0 aromatic heterocycles. The van der Waals surface area contributed by atoms with Crippen LogP contribution in [0.4, 0.5) is 0 Å². The Labute approximate surface area is 173 Å². The van der Waals surface area contributed by atoms with E-state index >= 15 is 0 Å². The molecule has 0 aliphatic rings. The highest BCUT2D eigenvalue weighted by atomic mass is 16.5. The van der Waals surface area contributed by atoms with Gasteiger partial charge in [0.25, 0.3) is 0 Å². The molecule has 0 spiro atoms. The second-order valence-electron chi connectivity index (χ2n) is 6.25. The first kappa shape index (κ1) is 22.2. The second kappa shape index (κ2) is 11.7. The smallest absolute Gasteiger partial charge is 0.203 e. The third kappa shape index (κ3) is 6.20. The van der Waals surface area contributed by atoms with Gasteiger partial charge in [-0.25, -0.2) is 4.99 Å². The number of methoxy groups -OCH3 is 3. The average molecular weight is 402 g/mol. The van der Waals surface area contributed by atoms with Gasteiger partial charge in [-0.3, -0.25) is 0 Å². The molecule has 0 aliphatic carbocycles. The summed E-state index contributed by atoms with van der Waals surface area (Å²) in [6.45, 7) is 4.51. The molecule has 29 heavy (non-hydrogen) atoms. The number of hydrogen-bond acceptors (Lipinski definition) is 5. The van der Waals surface area contributed by atoms with Gasteiger partial charge in [0.1, 0.15) is 12.4 Å². The molecule has 0 radical (unpaired) electrons. The Hall–Kier alpha value is -3.09. The van der Waals surface area contributed by atoms with Crippen LogP contribution < -0.4 is 24.3 Å². The van der Waals surface area contributed by atoms with Crippen molar-refractivity contribution in [3.63, 3.8) is 0 Å². The topological polar surface area (TPSA) is 64.6 Å². The summed E-state index contributed by atoms with van der Waals surface area (Å²) in [6, 6.07) is 13.6.